The van der Waals surface area contributed by atoms with Crippen LogP contribution >= 0.6 is 12.4 Å². The number of aromatic nitrogens is 3. The molecule has 6 nitrogen and oxygen atoms in total. The minimum Gasteiger partial charge on any atom is -0.333 e. The van der Waals surface area contributed by atoms with Crippen LogP contribution in [0.4, 0.5) is 26.3 Å². The van der Waals surface area contributed by atoms with E-state index in [0.29, 0.717) is 12.1 Å². The number of halogens is 7. The van der Waals surface area contributed by atoms with Crippen molar-refractivity contribution < 1.29 is 31.1 Å². The molecule has 1 aromatic heterocycles. The Morgan fingerprint density at radius 2 is 1.77 bits per heavy atom. The smallest absolute Gasteiger partial charge is 0.333 e. The molecule has 1 aliphatic rings. The van der Waals surface area contributed by atoms with Crippen LogP contribution in [-0.2, 0) is 29.5 Å². The third kappa shape index (κ3) is 5.12. The average Bonchev–Trinajstić information content (AvgIpc) is 3.04. The van der Waals surface area contributed by atoms with E-state index in [1.165, 1.54) is 18.7 Å². The van der Waals surface area contributed by atoms with Crippen LogP contribution in [0.15, 0.2) is 12.1 Å². The van der Waals surface area contributed by atoms with Crippen LogP contribution in [0, 0.1) is 17.5 Å². The monoisotopic (exact) mass is 471 g/mol. The van der Waals surface area contributed by atoms with E-state index >= 15 is 0 Å². The molecule has 0 fully saturated rings. The quantitative estimate of drug-likeness (QED) is 0.549. The number of carbonyl (C=O) groups excluding carboxylic acids is 1. The van der Waals surface area contributed by atoms with Gasteiger partial charge < -0.3 is 10.6 Å². The Hall–Kier alpha value is -2.34. The van der Waals surface area contributed by atoms with Crippen molar-refractivity contribution in [2.24, 2.45) is 5.73 Å². The fourth-order valence-electron chi connectivity index (χ4n) is 3.61. The summed E-state index contributed by atoms with van der Waals surface area (Å²) in [6.45, 7) is 2.79. The molecule has 0 radical (unpaired) electrons. The lowest BCUT2D eigenvalue weighted by molar-refractivity contribution is -0.151. The van der Waals surface area contributed by atoms with Gasteiger partial charge in [0.1, 0.15) is 5.82 Å². The number of rotatable bonds is 4. The summed E-state index contributed by atoms with van der Waals surface area (Å²) in [5.41, 5.74) is 4.57. The molecule has 0 bridgehead atoms. The van der Waals surface area contributed by atoms with Crippen LogP contribution in [0.1, 0.15) is 37.5 Å². The van der Waals surface area contributed by atoms with Gasteiger partial charge in [0, 0.05) is 25.1 Å². The number of hydrogen-bond acceptors (Lipinski definition) is 4. The van der Waals surface area contributed by atoms with Crippen LogP contribution in [0.25, 0.3) is 0 Å². The van der Waals surface area contributed by atoms with E-state index in [0.717, 1.165) is 4.57 Å². The number of alkyl halides is 3. The first-order chi connectivity index (χ1) is 13.8. The zero-order chi connectivity index (χ0) is 22.4. The molecule has 3 rings (SSSR count). The summed E-state index contributed by atoms with van der Waals surface area (Å²) < 4.78 is 80.6. The van der Waals surface area contributed by atoms with Crippen LogP contribution in [0.2, 0.25) is 0 Å². The van der Waals surface area contributed by atoms with Crippen LogP contribution in [0.5, 0.6) is 0 Å². The Morgan fingerprint density at radius 3 is 2.39 bits per heavy atom. The highest BCUT2D eigenvalue weighted by Crippen LogP contribution is 2.35. The second-order valence-corrected chi connectivity index (χ2v) is 7.86. The Kier molecular flexibility index (Phi) is 6.96. The van der Waals surface area contributed by atoms with Crippen LogP contribution in [-0.4, -0.2) is 38.2 Å². The number of nitrogens with zero attached hydrogens (tertiary/aromatic N) is 4. The highest BCUT2D eigenvalue weighted by Gasteiger charge is 2.45. The van der Waals surface area contributed by atoms with E-state index in [-0.39, 0.29) is 49.7 Å². The summed E-state index contributed by atoms with van der Waals surface area (Å²) in [6.07, 6.45) is -5.18. The highest BCUT2D eigenvalue weighted by molar-refractivity contribution is 5.85. The lowest BCUT2D eigenvalue weighted by Gasteiger charge is -2.40. The first-order valence-electron chi connectivity index (χ1n) is 8.98. The predicted octanol–water partition coefficient (Wildman–Crippen LogP) is 3.17. The van der Waals surface area contributed by atoms with Crippen molar-refractivity contribution in [1.82, 2.24) is 19.7 Å². The van der Waals surface area contributed by atoms with Gasteiger partial charge in [-0.05, 0) is 31.9 Å². The molecule has 1 aliphatic heterocycles. The molecule has 0 spiro atoms. The standard InChI is InChI=1S/C18H19F6N5O.ClH/c1-17(2)8-28(7-14-26-27-16(29(14)17)18(22,23)24)15(30)5-10(25)3-9-4-12(20)13(21)6-11(9)19;/h4,6,10H,3,5,7-8,25H2,1-2H3;1H/t10-;/m1./s1. The lowest BCUT2D eigenvalue weighted by atomic mass is 9.99. The topological polar surface area (TPSA) is 77.0 Å². The Morgan fingerprint density at radius 1 is 1.16 bits per heavy atom. The summed E-state index contributed by atoms with van der Waals surface area (Å²) >= 11 is 0. The molecule has 1 aromatic carbocycles. The molecule has 2 heterocycles. The van der Waals surface area contributed by atoms with E-state index in [2.05, 4.69) is 10.2 Å². The maximum Gasteiger partial charge on any atom is 0.451 e. The summed E-state index contributed by atoms with van der Waals surface area (Å²) in [4.78, 5) is 13.9. The van der Waals surface area contributed by atoms with E-state index in [4.69, 9.17) is 5.73 Å². The Balaban J connectivity index is 0.00000341. The third-order valence-corrected chi connectivity index (χ3v) is 4.86. The molecule has 13 heteroatoms. The van der Waals surface area contributed by atoms with Crippen molar-refractivity contribution in [1.29, 1.82) is 0 Å². The summed E-state index contributed by atoms with van der Waals surface area (Å²) in [6, 6.07) is 0.169. The molecule has 0 unspecified atom stereocenters. The molecule has 1 atom stereocenters. The minimum atomic E-state index is -4.69. The van der Waals surface area contributed by atoms with Gasteiger partial charge in [0.25, 0.3) is 0 Å². The van der Waals surface area contributed by atoms with Crippen LogP contribution < -0.4 is 5.73 Å². The average molecular weight is 472 g/mol. The van der Waals surface area contributed by atoms with Gasteiger partial charge in [0.05, 0.1) is 12.1 Å². The first-order valence-corrected chi connectivity index (χ1v) is 8.98. The molecule has 0 saturated carbocycles. The van der Waals surface area contributed by atoms with Crippen molar-refractivity contribution in [2.75, 3.05) is 6.54 Å². The third-order valence-electron chi connectivity index (χ3n) is 4.86. The fourth-order valence-corrected chi connectivity index (χ4v) is 3.61. The highest BCUT2D eigenvalue weighted by atomic mass is 35.5. The van der Waals surface area contributed by atoms with Gasteiger partial charge in [-0.1, -0.05) is 0 Å². The molecular weight excluding hydrogens is 452 g/mol. The van der Waals surface area contributed by atoms with Crippen molar-refractivity contribution in [3.05, 3.63) is 46.8 Å². The van der Waals surface area contributed by atoms with E-state index in [1.807, 2.05) is 0 Å². The van der Waals surface area contributed by atoms with Gasteiger partial charge in [-0.2, -0.15) is 13.2 Å². The number of carbonyl (C=O) groups is 1. The lowest BCUT2D eigenvalue weighted by Crippen LogP contribution is -2.51. The van der Waals surface area contributed by atoms with Crippen molar-refractivity contribution in [2.45, 2.75) is 51.0 Å². The van der Waals surface area contributed by atoms with Crippen molar-refractivity contribution in [3.63, 3.8) is 0 Å². The van der Waals surface area contributed by atoms with Gasteiger partial charge >= 0.3 is 6.18 Å². The van der Waals surface area contributed by atoms with E-state index < -0.39 is 46.9 Å². The molecule has 0 saturated heterocycles. The zero-order valence-corrected chi connectivity index (χ0v) is 17.3. The largest absolute Gasteiger partial charge is 0.451 e. The maximum atomic E-state index is 13.8. The minimum absolute atomic E-state index is 0. The molecule has 0 aliphatic carbocycles. The summed E-state index contributed by atoms with van der Waals surface area (Å²) in [5, 5.41) is 6.79. The maximum absolute atomic E-state index is 13.8. The summed E-state index contributed by atoms with van der Waals surface area (Å²) in [5.74, 6) is -5.20. The molecule has 1 amide bonds. The number of amides is 1. The molecule has 2 N–H and O–H groups in total. The van der Waals surface area contributed by atoms with E-state index in [9.17, 15) is 31.1 Å². The fraction of sp³-hybridized carbons (Fsp3) is 0.500. The normalized spacial score (nSPS) is 16.5. The van der Waals surface area contributed by atoms with Gasteiger partial charge in [0.2, 0.25) is 11.7 Å². The van der Waals surface area contributed by atoms with Gasteiger partial charge in [-0.3, -0.25) is 9.36 Å². The van der Waals surface area contributed by atoms with Crippen LogP contribution in [0.3, 0.4) is 0 Å². The number of hydrogen-bond donors (Lipinski definition) is 1. The second kappa shape index (κ2) is 8.65. The van der Waals surface area contributed by atoms with Crippen molar-refractivity contribution in [3.8, 4) is 0 Å². The Labute approximate surface area is 179 Å². The second-order valence-electron chi connectivity index (χ2n) is 7.86. The van der Waals surface area contributed by atoms with Gasteiger partial charge in [-0.15, -0.1) is 22.6 Å². The zero-order valence-electron chi connectivity index (χ0n) is 16.5. The summed E-state index contributed by atoms with van der Waals surface area (Å²) in [7, 11) is 0. The first kappa shape index (κ1) is 24.9. The molecule has 2 aromatic rings. The molecule has 31 heavy (non-hydrogen) atoms. The SMILES string of the molecule is CC1(C)CN(C(=O)C[C@H](N)Cc2cc(F)c(F)cc2F)Cc2nnc(C(F)(F)F)n21.Cl. The van der Waals surface area contributed by atoms with E-state index in [1.54, 1.807) is 0 Å². The van der Waals surface area contributed by atoms with Crippen molar-refractivity contribution >= 4 is 18.3 Å². The predicted molar refractivity (Wildman–Crippen MR) is 99.6 cm³/mol. The number of nitrogens with two attached hydrogens (primary N) is 1. The Bertz CT molecular complexity index is 977. The molecule has 172 valence electrons. The number of benzene rings is 1. The number of fused-ring (bicyclic) bond motifs is 1. The van der Waals surface area contributed by atoms with Gasteiger partial charge in [-0.25, -0.2) is 13.2 Å². The molecular formula is C18H20ClF6N5O. The van der Waals surface area contributed by atoms with Gasteiger partial charge in [0.15, 0.2) is 17.5 Å².